The van der Waals surface area contributed by atoms with Gasteiger partial charge in [-0.05, 0) is 0 Å². The molecule has 0 amide bonds. The van der Waals surface area contributed by atoms with E-state index in [9.17, 15) is 0 Å². The molecule has 0 spiro atoms. The van der Waals surface area contributed by atoms with Crippen molar-refractivity contribution in [3.8, 4) is 0 Å². The number of aliphatic hydroxyl groups excluding tert-OH is 2. The third-order valence-corrected chi connectivity index (χ3v) is 1.34. The van der Waals surface area contributed by atoms with Gasteiger partial charge in [0.1, 0.15) is 0 Å². The molecular formula is C6H12N2NiO2S4. The normalized spacial score (nSPS) is 7.60. The van der Waals surface area contributed by atoms with Crippen LogP contribution in [0.1, 0.15) is 0 Å². The van der Waals surface area contributed by atoms with E-state index in [1.165, 1.54) is 0 Å². The zero-order valence-corrected chi connectivity index (χ0v) is 11.9. The molecule has 0 heterocycles. The largest absolute Gasteiger partial charge is 2.00 e. The molecule has 9 heteroatoms. The molecule has 0 unspecified atom stereocenters. The summed E-state index contributed by atoms with van der Waals surface area (Å²) in [6, 6.07) is 0. The van der Waals surface area contributed by atoms with E-state index >= 15 is 0 Å². The topological polar surface area (TPSA) is 64.5 Å². The molecule has 92 valence electrons. The maximum Gasteiger partial charge on any atom is 2.00 e. The summed E-state index contributed by atoms with van der Waals surface area (Å²) in [5.74, 6) is 0. The zero-order chi connectivity index (χ0) is 11.4. The molecule has 0 aliphatic rings. The van der Waals surface area contributed by atoms with E-state index in [0.717, 1.165) is 0 Å². The summed E-state index contributed by atoms with van der Waals surface area (Å²) in [6.07, 6.45) is 0. The second-order valence-corrected chi connectivity index (χ2v) is 4.03. The van der Waals surface area contributed by atoms with Crippen molar-refractivity contribution in [3.05, 3.63) is 0 Å². The molecule has 0 saturated carbocycles. The molecule has 4 N–H and O–H groups in total. The fourth-order valence-electron chi connectivity index (χ4n) is 0.316. The number of hydrogen-bond acceptors (Lipinski definition) is 6. The zero-order valence-electron chi connectivity index (χ0n) is 7.67. The van der Waals surface area contributed by atoms with Gasteiger partial charge >= 0.3 is 16.5 Å². The summed E-state index contributed by atoms with van der Waals surface area (Å²) >= 11 is 17.8. The summed E-state index contributed by atoms with van der Waals surface area (Å²) in [4.78, 5) is 0. The number of rotatable bonds is 4. The van der Waals surface area contributed by atoms with Crippen molar-refractivity contribution in [2.75, 3.05) is 26.3 Å². The maximum absolute atomic E-state index is 8.15. The summed E-state index contributed by atoms with van der Waals surface area (Å²) in [7, 11) is 0. The molecule has 0 rings (SSSR count). The van der Waals surface area contributed by atoms with Crippen LogP contribution in [0.15, 0.2) is 0 Å². The average Bonchev–Trinajstić information content (AvgIpc) is 2.12. The minimum absolute atomic E-state index is 0. The number of nitrogens with one attached hydrogen (secondary N) is 2. The van der Waals surface area contributed by atoms with Crippen molar-refractivity contribution in [3.63, 3.8) is 0 Å². The molecule has 0 atom stereocenters. The van der Waals surface area contributed by atoms with Gasteiger partial charge in [-0.25, -0.2) is 0 Å². The van der Waals surface area contributed by atoms with Crippen LogP contribution in [0.3, 0.4) is 0 Å². The summed E-state index contributed by atoms with van der Waals surface area (Å²) in [6.45, 7) is 1.08. The van der Waals surface area contributed by atoms with Gasteiger partial charge in [-0.2, -0.15) is 0 Å². The van der Waals surface area contributed by atoms with Crippen molar-refractivity contribution in [2.24, 2.45) is 0 Å². The number of thiocarbonyl (C=S) groups is 2. The molecule has 4 nitrogen and oxygen atoms in total. The van der Waals surface area contributed by atoms with Crippen LogP contribution in [0.2, 0.25) is 0 Å². The SMILES string of the molecule is OCCNC(=S)[S-].OCCNC(=S)[S-].[Ni+2]. The van der Waals surface area contributed by atoms with Crippen molar-refractivity contribution in [2.45, 2.75) is 0 Å². The maximum atomic E-state index is 8.15. The second-order valence-electron chi connectivity index (χ2n) is 1.88. The van der Waals surface area contributed by atoms with Crippen molar-refractivity contribution in [1.29, 1.82) is 0 Å². The Morgan fingerprint density at radius 1 is 0.933 bits per heavy atom. The van der Waals surface area contributed by atoms with Crippen LogP contribution >= 0.6 is 24.4 Å². The molecule has 0 bridgehead atoms. The molecular weight excluding hydrogens is 319 g/mol. The standard InChI is InChI=1S/2C3H7NOS2.Ni/c2*5-2-1-4-3(6)7;/h2*5H,1-2H2,(H2,4,6,7);/q;;+2/p-2. The Balaban J connectivity index is -0.000000180. The molecule has 0 aromatic heterocycles. The van der Waals surface area contributed by atoms with Gasteiger partial charge in [-0.3, -0.25) is 0 Å². The minimum Gasteiger partial charge on any atom is -0.412 e. The Morgan fingerprint density at radius 3 is 1.27 bits per heavy atom. The quantitative estimate of drug-likeness (QED) is 0.291. The Bertz CT molecular complexity index is 155. The van der Waals surface area contributed by atoms with E-state index in [1.807, 2.05) is 0 Å². The smallest absolute Gasteiger partial charge is 0.412 e. The van der Waals surface area contributed by atoms with Gasteiger partial charge < -0.3 is 70.5 Å². The van der Waals surface area contributed by atoms with E-state index in [0.29, 0.717) is 21.7 Å². The van der Waals surface area contributed by atoms with Crippen molar-refractivity contribution < 1.29 is 26.7 Å². The van der Waals surface area contributed by atoms with Crippen LogP contribution in [0, 0.1) is 0 Å². The first-order valence-corrected chi connectivity index (χ1v) is 5.29. The van der Waals surface area contributed by atoms with E-state index in [1.54, 1.807) is 0 Å². The summed E-state index contributed by atoms with van der Waals surface area (Å²) in [5, 5.41) is 21.5. The van der Waals surface area contributed by atoms with Gasteiger partial charge in [0.25, 0.3) is 0 Å². The van der Waals surface area contributed by atoms with Gasteiger partial charge in [-0.1, -0.05) is 8.64 Å². The molecule has 0 aromatic rings. The molecule has 0 aromatic carbocycles. The second kappa shape index (κ2) is 17.0. The van der Waals surface area contributed by atoms with Crippen molar-refractivity contribution >= 4 is 58.3 Å². The van der Waals surface area contributed by atoms with Gasteiger partial charge in [0, 0.05) is 13.1 Å². The van der Waals surface area contributed by atoms with Gasteiger partial charge in [0.05, 0.1) is 13.2 Å². The average molecular weight is 331 g/mol. The predicted octanol–water partition coefficient (Wildman–Crippen LogP) is -1.20. The van der Waals surface area contributed by atoms with Gasteiger partial charge in [0.15, 0.2) is 0 Å². The molecule has 15 heavy (non-hydrogen) atoms. The molecule has 0 radical (unpaired) electrons. The third kappa shape index (κ3) is 31.3. The van der Waals surface area contributed by atoms with Gasteiger partial charge in [0.2, 0.25) is 0 Å². The first kappa shape index (κ1) is 21.0. The van der Waals surface area contributed by atoms with Crippen LogP contribution in [0.4, 0.5) is 0 Å². The minimum atomic E-state index is 0. The third-order valence-electron chi connectivity index (χ3n) is 0.762. The Kier molecular flexibility index (Phi) is 23.8. The van der Waals surface area contributed by atoms with Crippen LogP contribution in [0.25, 0.3) is 0 Å². The molecule has 0 fully saturated rings. The Morgan fingerprint density at radius 2 is 1.20 bits per heavy atom. The van der Waals surface area contributed by atoms with E-state index < -0.39 is 0 Å². The Labute approximate surface area is 121 Å². The first-order valence-electron chi connectivity index (χ1n) is 3.66. The predicted molar refractivity (Wildman–Crippen MR) is 70.1 cm³/mol. The number of aliphatic hydroxyl groups is 2. The molecule has 0 aliphatic carbocycles. The van der Waals surface area contributed by atoms with E-state index in [2.05, 4.69) is 60.3 Å². The van der Waals surface area contributed by atoms with Crippen molar-refractivity contribution in [1.82, 2.24) is 10.6 Å². The first-order chi connectivity index (χ1) is 6.54. The number of hydrogen-bond donors (Lipinski definition) is 4. The summed E-state index contributed by atoms with van der Waals surface area (Å²) < 4.78 is 0.628. The van der Waals surface area contributed by atoms with E-state index in [-0.39, 0.29) is 29.7 Å². The Hall–Kier alpha value is 0.634. The van der Waals surface area contributed by atoms with Crippen LogP contribution in [-0.2, 0) is 41.7 Å². The molecule has 0 aliphatic heterocycles. The fraction of sp³-hybridized carbons (Fsp3) is 0.667. The van der Waals surface area contributed by atoms with Crippen LogP contribution in [-0.4, -0.2) is 45.2 Å². The monoisotopic (exact) mass is 330 g/mol. The molecule has 0 saturated heterocycles. The van der Waals surface area contributed by atoms with Gasteiger partial charge in [-0.15, -0.1) is 0 Å². The van der Waals surface area contributed by atoms with E-state index in [4.69, 9.17) is 10.2 Å². The van der Waals surface area contributed by atoms with Crippen LogP contribution < -0.4 is 10.6 Å². The van der Waals surface area contributed by atoms with Crippen LogP contribution in [0.5, 0.6) is 0 Å². The fourth-order valence-corrected chi connectivity index (χ4v) is 0.724. The summed E-state index contributed by atoms with van der Waals surface area (Å²) in [5.41, 5.74) is 0.